The minimum Gasteiger partial charge on any atom is -0.484 e. The number of anilines is 1. The van der Waals surface area contributed by atoms with Gasteiger partial charge in [-0.25, -0.2) is 8.42 Å². The first-order chi connectivity index (χ1) is 18.8. The fourth-order valence-corrected chi connectivity index (χ4v) is 5.64. The summed E-state index contributed by atoms with van der Waals surface area (Å²) in [6, 6.07) is 12.9. The summed E-state index contributed by atoms with van der Waals surface area (Å²) in [5.41, 5.74) is 1.65. The van der Waals surface area contributed by atoms with Crippen molar-refractivity contribution in [3.05, 3.63) is 64.8 Å². The quantitative estimate of drug-likeness (QED) is 0.462. The number of nitriles is 1. The molecule has 0 saturated carbocycles. The number of hydrogen-bond donors (Lipinski definition) is 2. The molecule has 208 valence electrons. The van der Waals surface area contributed by atoms with Gasteiger partial charge in [0.2, 0.25) is 5.91 Å². The van der Waals surface area contributed by atoms with Crippen LogP contribution in [0.5, 0.6) is 5.75 Å². The van der Waals surface area contributed by atoms with Gasteiger partial charge in [-0.1, -0.05) is 18.2 Å². The number of alkyl halides is 3. The maximum atomic E-state index is 13.5. The number of sulfone groups is 1. The number of hydrogen-bond acceptors (Lipinski definition) is 7. The van der Waals surface area contributed by atoms with Crippen molar-refractivity contribution in [1.29, 1.82) is 5.26 Å². The van der Waals surface area contributed by atoms with E-state index in [9.17, 15) is 31.2 Å². The molecule has 1 atom stereocenters. The van der Waals surface area contributed by atoms with E-state index in [-0.39, 0.29) is 29.4 Å². The summed E-state index contributed by atoms with van der Waals surface area (Å²) in [5, 5.41) is 19.3. The Morgan fingerprint density at radius 2 is 1.98 bits per heavy atom. The predicted octanol–water partition coefficient (Wildman–Crippen LogP) is 2.93. The molecule has 5 rings (SSSR count). The summed E-state index contributed by atoms with van der Waals surface area (Å²) in [4.78, 5) is 26.1. The molecule has 0 saturated heterocycles. The van der Waals surface area contributed by atoms with Crippen LogP contribution < -0.4 is 15.4 Å². The topological polar surface area (TPSA) is 143 Å². The van der Waals surface area contributed by atoms with E-state index in [1.807, 2.05) is 6.07 Å². The third-order valence-electron chi connectivity index (χ3n) is 6.70. The largest absolute Gasteiger partial charge is 0.484 e. The Morgan fingerprint density at radius 3 is 2.62 bits per heavy atom. The summed E-state index contributed by atoms with van der Waals surface area (Å²) in [7, 11) is -3.66. The predicted molar refractivity (Wildman–Crippen MR) is 136 cm³/mol. The van der Waals surface area contributed by atoms with Crippen LogP contribution in [-0.2, 0) is 33.1 Å². The van der Waals surface area contributed by atoms with Crippen LogP contribution in [0, 0.1) is 11.3 Å². The average Bonchev–Trinajstić information content (AvgIpc) is 3.39. The van der Waals surface area contributed by atoms with Gasteiger partial charge in [0, 0.05) is 11.8 Å². The third kappa shape index (κ3) is 5.37. The van der Waals surface area contributed by atoms with Gasteiger partial charge in [0.25, 0.3) is 5.91 Å². The summed E-state index contributed by atoms with van der Waals surface area (Å²) in [6.45, 7) is -1.27. The zero-order valence-electron chi connectivity index (χ0n) is 21.0. The number of benzene rings is 2. The van der Waals surface area contributed by atoms with Crippen molar-refractivity contribution >= 4 is 27.3 Å². The van der Waals surface area contributed by atoms with Crippen molar-refractivity contribution in [2.45, 2.75) is 31.1 Å². The zero-order chi connectivity index (χ0) is 28.9. The lowest BCUT2D eigenvalue weighted by Crippen LogP contribution is -2.52. The highest BCUT2D eigenvalue weighted by atomic mass is 32.2. The van der Waals surface area contributed by atoms with Gasteiger partial charge in [-0.15, -0.1) is 0 Å². The third-order valence-corrected chi connectivity index (χ3v) is 7.49. The van der Waals surface area contributed by atoms with Crippen molar-refractivity contribution in [1.82, 2.24) is 15.1 Å². The molecule has 2 amide bonds. The van der Waals surface area contributed by atoms with Crippen LogP contribution in [-0.4, -0.2) is 54.8 Å². The van der Waals surface area contributed by atoms with Gasteiger partial charge in [-0.2, -0.15) is 23.5 Å². The highest BCUT2D eigenvalue weighted by molar-refractivity contribution is 7.91. The van der Waals surface area contributed by atoms with Gasteiger partial charge in [-0.05, 0) is 48.2 Å². The molecule has 1 aromatic heterocycles. The smallest absolute Gasteiger partial charge is 0.422 e. The number of nitrogens with one attached hydrogen (secondary N) is 2. The standard InChI is InChI=1S/C26H22F3N5O5S/c1-40(37,38)12-20(35)31-22-21(16-4-2-15(11-30)3-5-16)33-34-13-25(32-24(36)23(22)34)9-8-17-10-18(6-7-19(17)25)39-14-26(27,28)29/h2-7,10H,8-9,12-14H2,1H3,(H,31,35)(H,32,36)/t25-/m1/s1. The summed E-state index contributed by atoms with van der Waals surface area (Å²) >= 11 is 0. The first-order valence-corrected chi connectivity index (χ1v) is 14.1. The lowest BCUT2D eigenvalue weighted by Gasteiger charge is -2.36. The van der Waals surface area contributed by atoms with Gasteiger partial charge in [0.05, 0.1) is 23.7 Å². The van der Waals surface area contributed by atoms with E-state index in [2.05, 4.69) is 15.7 Å². The minimum absolute atomic E-state index is 0.0189. The number of carbonyl (C=O) groups is 2. The monoisotopic (exact) mass is 573 g/mol. The molecule has 2 aliphatic rings. The van der Waals surface area contributed by atoms with E-state index in [0.717, 1.165) is 11.8 Å². The van der Waals surface area contributed by atoms with E-state index in [1.54, 1.807) is 30.3 Å². The lowest BCUT2D eigenvalue weighted by atomic mass is 9.89. The van der Waals surface area contributed by atoms with Gasteiger partial charge in [-0.3, -0.25) is 14.3 Å². The van der Waals surface area contributed by atoms with Crippen molar-refractivity contribution in [3.63, 3.8) is 0 Å². The number of fused-ring (bicyclic) bond motifs is 3. The van der Waals surface area contributed by atoms with Gasteiger partial charge < -0.3 is 15.4 Å². The van der Waals surface area contributed by atoms with E-state index >= 15 is 0 Å². The Kier molecular flexibility index (Phi) is 6.57. The Bertz CT molecular complexity index is 1680. The number of halogens is 3. The van der Waals surface area contributed by atoms with Crippen molar-refractivity contribution < 1.29 is 35.9 Å². The SMILES string of the molecule is CS(=O)(=O)CC(=O)Nc1c(-c2ccc(C#N)cc2)nn2c1C(=O)N[C@]1(CCc3cc(OCC(F)(F)F)ccc31)C2. The summed E-state index contributed by atoms with van der Waals surface area (Å²) in [5.74, 6) is -2.16. The highest BCUT2D eigenvalue weighted by Crippen LogP contribution is 2.44. The van der Waals surface area contributed by atoms with E-state index in [4.69, 9.17) is 10.00 Å². The number of carbonyl (C=O) groups excluding carboxylic acids is 2. The number of ether oxygens (including phenoxy) is 1. The number of aromatic nitrogens is 2. The molecule has 2 aromatic carbocycles. The van der Waals surface area contributed by atoms with Crippen LogP contribution in [0.3, 0.4) is 0 Å². The molecule has 0 unspecified atom stereocenters. The van der Waals surface area contributed by atoms with E-state index in [0.29, 0.717) is 29.5 Å². The number of rotatable bonds is 6. The van der Waals surface area contributed by atoms with Crippen molar-refractivity contribution in [3.8, 4) is 23.1 Å². The van der Waals surface area contributed by atoms with Crippen LogP contribution in [0.4, 0.5) is 18.9 Å². The minimum atomic E-state index is -4.48. The molecule has 40 heavy (non-hydrogen) atoms. The second-order valence-electron chi connectivity index (χ2n) is 9.80. The second kappa shape index (κ2) is 9.67. The second-order valence-corrected chi connectivity index (χ2v) is 11.9. The van der Waals surface area contributed by atoms with Gasteiger partial charge >= 0.3 is 6.18 Å². The average molecular weight is 574 g/mol. The molecule has 1 aliphatic carbocycles. The molecular formula is C26H22F3N5O5S. The zero-order valence-corrected chi connectivity index (χ0v) is 21.8. The van der Waals surface area contributed by atoms with Gasteiger partial charge in [0.15, 0.2) is 22.1 Å². The number of nitrogens with zero attached hydrogens (tertiary/aromatic N) is 3. The van der Waals surface area contributed by atoms with E-state index < -0.39 is 45.7 Å². The van der Waals surface area contributed by atoms with Crippen LogP contribution in [0.15, 0.2) is 42.5 Å². The fourth-order valence-electron chi connectivity index (χ4n) is 5.09. The Hall–Kier alpha value is -4.38. The first kappa shape index (κ1) is 27.2. The maximum Gasteiger partial charge on any atom is 0.422 e. The Morgan fingerprint density at radius 1 is 1.25 bits per heavy atom. The van der Waals surface area contributed by atoms with Crippen molar-refractivity contribution in [2.24, 2.45) is 0 Å². The van der Waals surface area contributed by atoms with Crippen LogP contribution in [0.2, 0.25) is 0 Å². The molecule has 0 fully saturated rings. The molecule has 0 radical (unpaired) electrons. The van der Waals surface area contributed by atoms with Crippen LogP contribution in [0.25, 0.3) is 11.3 Å². The van der Waals surface area contributed by atoms with Crippen LogP contribution in [0.1, 0.15) is 33.6 Å². The van der Waals surface area contributed by atoms with Crippen molar-refractivity contribution in [2.75, 3.05) is 23.9 Å². The fraction of sp³-hybridized carbons (Fsp3) is 0.308. The molecule has 10 nitrogen and oxygen atoms in total. The Balaban J connectivity index is 1.53. The highest BCUT2D eigenvalue weighted by Gasteiger charge is 2.46. The molecule has 2 heterocycles. The molecule has 2 N–H and O–H groups in total. The number of aryl methyl sites for hydroxylation is 1. The van der Waals surface area contributed by atoms with E-state index in [1.165, 1.54) is 16.8 Å². The normalized spacial score (nSPS) is 18.0. The molecule has 1 aliphatic heterocycles. The molecule has 14 heteroatoms. The van der Waals surface area contributed by atoms with Gasteiger partial charge in [0.1, 0.15) is 22.9 Å². The number of amides is 2. The molecule has 0 bridgehead atoms. The summed E-state index contributed by atoms with van der Waals surface area (Å²) < 4.78 is 67.5. The maximum absolute atomic E-state index is 13.5. The molecular weight excluding hydrogens is 551 g/mol. The van der Waals surface area contributed by atoms with Crippen LogP contribution >= 0.6 is 0 Å². The lowest BCUT2D eigenvalue weighted by molar-refractivity contribution is -0.153. The summed E-state index contributed by atoms with van der Waals surface area (Å²) in [6.07, 6.45) is -2.65. The molecule has 3 aromatic rings. The first-order valence-electron chi connectivity index (χ1n) is 12.0. The molecule has 1 spiro atoms. The Labute approximate surface area is 226 Å².